The number of alkyl halides is 3. The molecule has 94 valence electrons. The van der Waals surface area contributed by atoms with Gasteiger partial charge in [-0.1, -0.05) is 0 Å². The summed E-state index contributed by atoms with van der Waals surface area (Å²) in [6.45, 7) is 0. The monoisotopic (exact) mass is 265 g/mol. The minimum absolute atomic E-state index is 0.0125. The van der Waals surface area contributed by atoms with E-state index in [2.05, 4.69) is 4.98 Å². The third-order valence-electron chi connectivity index (χ3n) is 2.06. The van der Waals surface area contributed by atoms with Crippen LogP contribution in [0.25, 0.3) is 0 Å². The third-order valence-corrected chi connectivity index (χ3v) is 2.33. The van der Waals surface area contributed by atoms with Crippen molar-refractivity contribution >= 4 is 17.6 Å². The second-order valence-electron chi connectivity index (χ2n) is 3.18. The lowest BCUT2D eigenvalue weighted by Crippen LogP contribution is -2.08. The Kier molecular flexibility index (Phi) is 4.62. The number of aromatic nitrogens is 1. The van der Waals surface area contributed by atoms with Gasteiger partial charge in [0.1, 0.15) is 11.4 Å². The number of carboxylic acid groups (broad SMARTS) is 1. The molecule has 0 fully saturated rings. The molecule has 7 heteroatoms. The third kappa shape index (κ3) is 3.26. The largest absolute Gasteiger partial charge is 0.496 e. The van der Waals surface area contributed by atoms with Crippen LogP contribution in [-0.4, -0.2) is 23.2 Å². The maximum atomic E-state index is 12.7. The molecular weight excluding hydrogens is 256 g/mol. The Hall–Kier alpha value is -1.43. The Bertz CT molecular complexity index is 426. The summed E-state index contributed by atoms with van der Waals surface area (Å²) in [6, 6.07) is 1.30. The number of hydrogen-bond acceptors (Lipinski definition) is 3. The van der Waals surface area contributed by atoms with Gasteiger partial charge in [0, 0.05) is 11.6 Å². The first-order valence-electron chi connectivity index (χ1n) is 4.62. The van der Waals surface area contributed by atoms with Crippen molar-refractivity contribution in [1.82, 2.24) is 4.98 Å². The van der Waals surface area contributed by atoms with Gasteiger partial charge in [-0.2, -0.15) is 0 Å². The molecule has 0 unspecified atom stereocenters. The predicted molar refractivity (Wildman–Crippen MR) is 56.6 cm³/mol. The normalized spacial score (nSPS) is 10.6. The van der Waals surface area contributed by atoms with Crippen LogP contribution < -0.4 is 4.74 Å². The summed E-state index contributed by atoms with van der Waals surface area (Å²) >= 11 is 5.55. The first-order valence-corrected chi connectivity index (χ1v) is 5.15. The summed E-state index contributed by atoms with van der Waals surface area (Å²) in [7, 11) is 1.30. The van der Waals surface area contributed by atoms with Crippen molar-refractivity contribution in [3.63, 3.8) is 0 Å². The molecule has 17 heavy (non-hydrogen) atoms. The number of methoxy groups -OCH3 is 1. The fourth-order valence-electron chi connectivity index (χ4n) is 1.36. The van der Waals surface area contributed by atoms with Gasteiger partial charge in [0.05, 0.1) is 25.1 Å². The van der Waals surface area contributed by atoms with Gasteiger partial charge in [-0.05, 0) is 0 Å². The van der Waals surface area contributed by atoms with Crippen LogP contribution in [0.3, 0.4) is 0 Å². The molecule has 1 aromatic heterocycles. The van der Waals surface area contributed by atoms with Crippen molar-refractivity contribution in [2.24, 2.45) is 0 Å². The van der Waals surface area contributed by atoms with E-state index in [1.165, 1.54) is 13.2 Å². The van der Waals surface area contributed by atoms with Crippen molar-refractivity contribution in [2.75, 3.05) is 7.11 Å². The number of carboxylic acids is 1. The van der Waals surface area contributed by atoms with Gasteiger partial charge in [0.15, 0.2) is 0 Å². The predicted octanol–water partition coefficient (Wildman–Crippen LogP) is 2.39. The molecule has 0 atom stereocenters. The van der Waals surface area contributed by atoms with E-state index >= 15 is 0 Å². The van der Waals surface area contributed by atoms with Crippen LogP contribution in [-0.2, 0) is 17.1 Å². The van der Waals surface area contributed by atoms with Crippen molar-refractivity contribution in [1.29, 1.82) is 0 Å². The molecule has 1 rings (SSSR count). The second-order valence-corrected chi connectivity index (χ2v) is 3.45. The Morgan fingerprint density at radius 2 is 2.29 bits per heavy atom. The molecule has 0 aliphatic carbocycles. The molecule has 0 bridgehead atoms. The molecule has 0 amide bonds. The van der Waals surface area contributed by atoms with Crippen LogP contribution in [0.15, 0.2) is 6.07 Å². The van der Waals surface area contributed by atoms with Gasteiger partial charge in [-0.25, -0.2) is 8.78 Å². The van der Waals surface area contributed by atoms with E-state index in [1.807, 2.05) is 0 Å². The van der Waals surface area contributed by atoms with E-state index in [0.717, 1.165) is 0 Å². The maximum Gasteiger partial charge on any atom is 0.309 e. The quantitative estimate of drug-likeness (QED) is 0.831. The van der Waals surface area contributed by atoms with Crippen molar-refractivity contribution < 1.29 is 23.4 Å². The number of ether oxygens (including phenoxy) is 1. The fourth-order valence-corrected chi connectivity index (χ4v) is 1.63. The van der Waals surface area contributed by atoms with Crippen LogP contribution in [0.1, 0.15) is 23.4 Å². The van der Waals surface area contributed by atoms with Crippen molar-refractivity contribution in [3.05, 3.63) is 23.0 Å². The van der Waals surface area contributed by atoms with Gasteiger partial charge in [-0.15, -0.1) is 11.6 Å². The Morgan fingerprint density at radius 3 is 2.71 bits per heavy atom. The fraction of sp³-hybridized carbons (Fsp3) is 0.400. The lowest BCUT2D eigenvalue weighted by molar-refractivity contribution is -0.136. The van der Waals surface area contributed by atoms with Gasteiger partial charge in [-0.3, -0.25) is 9.78 Å². The SMILES string of the molecule is COc1cc(CC(=O)O)nc(C(F)F)c1CCl. The maximum absolute atomic E-state index is 12.7. The van der Waals surface area contributed by atoms with E-state index < -0.39 is 24.5 Å². The summed E-state index contributed by atoms with van der Waals surface area (Å²) in [5, 5.41) is 8.59. The highest BCUT2D eigenvalue weighted by molar-refractivity contribution is 6.17. The van der Waals surface area contributed by atoms with Crippen molar-refractivity contribution in [2.45, 2.75) is 18.7 Å². The Labute approximate surface area is 101 Å². The average molecular weight is 266 g/mol. The minimum atomic E-state index is -2.83. The van der Waals surface area contributed by atoms with E-state index in [4.69, 9.17) is 21.4 Å². The number of carbonyl (C=O) groups is 1. The van der Waals surface area contributed by atoms with E-state index in [0.29, 0.717) is 0 Å². The molecule has 0 aromatic carbocycles. The van der Waals surface area contributed by atoms with Gasteiger partial charge in [0.25, 0.3) is 6.43 Å². The topological polar surface area (TPSA) is 59.4 Å². The van der Waals surface area contributed by atoms with Crippen LogP contribution in [0, 0.1) is 0 Å². The van der Waals surface area contributed by atoms with Gasteiger partial charge in [0.2, 0.25) is 0 Å². The summed E-state index contributed by atoms with van der Waals surface area (Å²) in [4.78, 5) is 14.1. The van der Waals surface area contributed by atoms with Crippen LogP contribution in [0.4, 0.5) is 8.78 Å². The van der Waals surface area contributed by atoms with E-state index in [9.17, 15) is 13.6 Å². The molecule has 0 aliphatic rings. The highest BCUT2D eigenvalue weighted by Gasteiger charge is 2.20. The highest BCUT2D eigenvalue weighted by atomic mass is 35.5. The zero-order valence-corrected chi connectivity index (χ0v) is 9.67. The molecule has 0 saturated heterocycles. The van der Waals surface area contributed by atoms with Crippen LogP contribution >= 0.6 is 11.6 Å². The number of halogens is 3. The van der Waals surface area contributed by atoms with Crippen molar-refractivity contribution in [3.8, 4) is 5.75 Å². The number of rotatable bonds is 5. The Morgan fingerprint density at radius 1 is 1.65 bits per heavy atom. The minimum Gasteiger partial charge on any atom is -0.496 e. The number of aliphatic carboxylic acids is 1. The second kappa shape index (κ2) is 5.77. The smallest absolute Gasteiger partial charge is 0.309 e. The number of pyridine rings is 1. The van der Waals surface area contributed by atoms with Gasteiger partial charge >= 0.3 is 5.97 Å². The summed E-state index contributed by atoms with van der Waals surface area (Å²) in [5.74, 6) is -1.21. The molecule has 0 radical (unpaired) electrons. The molecular formula is C10H10ClF2NO3. The standard InChI is InChI=1S/C10H10ClF2NO3/c1-17-7-2-5(3-8(15)16)14-9(10(12)13)6(7)4-11/h2,10H,3-4H2,1H3,(H,15,16). The lowest BCUT2D eigenvalue weighted by Gasteiger charge is -2.12. The van der Waals surface area contributed by atoms with E-state index in [1.54, 1.807) is 0 Å². The van der Waals surface area contributed by atoms with Crippen LogP contribution in [0.5, 0.6) is 5.75 Å². The summed E-state index contributed by atoms with van der Waals surface area (Å²) in [5.41, 5.74) is -0.438. The zero-order chi connectivity index (χ0) is 13.0. The summed E-state index contributed by atoms with van der Waals surface area (Å²) in [6.07, 6.45) is -3.27. The van der Waals surface area contributed by atoms with Crippen LogP contribution in [0.2, 0.25) is 0 Å². The molecule has 0 aliphatic heterocycles. The first-order chi connectivity index (χ1) is 7.99. The Balaban J connectivity index is 3.29. The van der Waals surface area contributed by atoms with E-state index in [-0.39, 0.29) is 22.9 Å². The lowest BCUT2D eigenvalue weighted by atomic mass is 10.1. The molecule has 1 heterocycles. The first kappa shape index (κ1) is 13.6. The molecule has 4 nitrogen and oxygen atoms in total. The molecule has 1 aromatic rings. The molecule has 0 spiro atoms. The molecule has 0 saturated carbocycles. The summed E-state index contributed by atoms with van der Waals surface area (Å²) < 4.78 is 30.3. The molecule has 1 N–H and O–H groups in total. The number of hydrogen-bond donors (Lipinski definition) is 1. The van der Waals surface area contributed by atoms with Gasteiger partial charge < -0.3 is 9.84 Å². The average Bonchev–Trinajstić information content (AvgIpc) is 2.26. The number of nitrogens with zero attached hydrogens (tertiary/aromatic N) is 1. The zero-order valence-electron chi connectivity index (χ0n) is 8.91. The highest BCUT2D eigenvalue weighted by Crippen LogP contribution is 2.30.